The Labute approximate surface area is 328 Å². The van der Waals surface area contributed by atoms with Gasteiger partial charge in [-0.3, -0.25) is 4.57 Å². The molecule has 1 saturated carbocycles. The Hall–Kier alpha value is -2.53. The molecule has 0 spiro atoms. The average Bonchev–Trinajstić information content (AvgIpc) is 3.76. The lowest BCUT2D eigenvalue weighted by Crippen LogP contribution is -2.47. The number of nitrogens with zero attached hydrogens (tertiary/aromatic N) is 3. The fourth-order valence-electron chi connectivity index (χ4n) is 7.17. The van der Waals surface area contributed by atoms with Gasteiger partial charge in [0.15, 0.2) is 20.1 Å². The summed E-state index contributed by atoms with van der Waals surface area (Å²) in [4.78, 5) is 22.1. The van der Waals surface area contributed by atoms with Crippen molar-refractivity contribution in [1.82, 2.24) is 19.9 Å². The van der Waals surface area contributed by atoms with Gasteiger partial charge in [0.1, 0.15) is 24.5 Å². The van der Waals surface area contributed by atoms with Crippen LogP contribution in [0.2, 0.25) is 48.8 Å². The minimum absolute atomic E-state index is 0.0824. The third kappa shape index (κ3) is 9.70. The Kier molecular flexibility index (Phi) is 12.6. The van der Waals surface area contributed by atoms with E-state index in [-0.39, 0.29) is 54.4 Å². The number of ether oxygens (including phenoxy) is 5. The lowest BCUT2D eigenvalue weighted by molar-refractivity contribution is 0.00687. The molecule has 0 unspecified atom stereocenters. The zero-order chi connectivity index (χ0) is 39.0. The van der Waals surface area contributed by atoms with Crippen LogP contribution in [-0.2, 0) is 30.1 Å². The van der Waals surface area contributed by atoms with E-state index in [2.05, 4.69) is 83.1 Å². The molecule has 3 aliphatic rings. The van der Waals surface area contributed by atoms with Crippen LogP contribution < -0.4 is 10.1 Å². The first-order valence-electron chi connectivity index (χ1n) is 19.7. The molecule has 54 heavy (non-hydrogen) atoms. The molecule has 1 amide bonds. The van der Waals surface area contributed by atoms with E-state index in [9.17, 15) is 4.79 Å². The van der Waals surface area contributed by atoms with Crippen LogP contribution >= 0.6 is 11.6 Å². The maximum absolute atomic E-state index is 12.1. The van der Waals surface area contributed by atoms with Crippen LogP contribution in [0, 0.1) is 0 Å². The van der Waals surface area contributed by atoms with Gasteiger partial charge >= 0.3 is 12.1 Å². The number of carbonyl (C=O) groups is 1. The second-order valence-corrected chi connectivity index (χ2v) is 29.1. The predicted molar refractivity (Wildman–Crippen MR) is 218 cm³/mol. The molecule has 3 fully saturated rings. The van der Waals surface area contributed by atoms with Gasteiger partial charge in [0, 0.05) is 26.3 Å². The molecule has 1 aliphatic carbocycles. The van der Waals surface area contributed by atoms with E-state index in [0.29, 0.717) is 53.6 Å². The average molecular weight is 802 g/mol. The van der Waals surface area contributed by atoms with Crippen molar-refractivity contribution in [3.63, 3.8) is 0 Å². The Bertz CT molecular complexity index is 1750. The number of rotatable bonds is 13. The van der Waals surface area contributed by atoms with Crippen molar-refractivity contribution in [2.75, 3.05) is 19.8 Å². The lowest BCUT2D eigenvalue weighted by atomic mass is 9.81. The van der Waals surface area contributed by atoms with Crippen molar-refractivity contribution in [2.45, 2.75) is 153 Å². The summed E-state index contributed by atoms with van der Waals surface area (Å²) in [6, 6.07) is 12.0. The zero-order valence-corrected chi connectivity index (χ0v) is 36.6. The van der Waals surface area contributed by atoms with Gasteiger partial charge in [-0.2, -0.15) is 4.98 Å². The SMILES string of the molecule is CC(C)OC(=O)NC1CCC(c2ccc(-c3nc4c(cc3Cl)nc(O[C@@H]3CO[C@H]5[C@@H]3OC[C@H]5O[Si](C)(C)C(C)(C)C)n4COCC[Si](C)(C)C)cc2)CC1. The highest BCUT2D eigenvalue weighted by molar-refractivity contribution is 6.76. The van der Waals surface area contributed by atoms with E-state index in [0.717, 1.165) is 37.3 Å². The maximum Gasteiger partial charge on any atom is 0.407 e. The van der Waals surface area contributed by atoms with E-state index in [1.54, 1.807) is 0 Å². The van der Waals surface area contributed by atoms with Crippen molar-refractivity contribution < 1.29 is 32.9 Å². The van der Waals surface area contributed by atoms with Crippen molar-refractivity contribution in [3.8, 4) is 17.3 Å². The molecule has 2 aliphatic heterocycles. The predicted octanol–water partition coefficient (Wildman–Crippen LogP) is 9.16. The molecule has 4 atom stereocenters. The lowest BCUT2D eigenvalue weighted by Gasteiger charge is -2.39. The van der Waals surface area contributed by atoms with E-state index >= 15 is 0 Å². The maximum atomic E-state index is 12.1. The van der Waals surface area contributed by atoms with Crippen LogP contribution in [0.1, 0.15) is 71.8 Å². The number of nitrogens with one attached hydrogen (secondary N) is 1. The smallest absolute Gasteiger partial charge is 0.407 e. The molecule has 1 aromatic carbocycles. The van der Waals surface area contributed by atoms with Crippen LogP contribution in [0.25, 0.3) is 22.4 Å². The van der Waals surface area contributed by atoms with Crippen LogP contribution in [0.15, 0.2) is 30.3 Å². The van der Waals surface area contributed by atoms with Gasteiger partial charge in [-0.05, 0) is 81.3 Å². The molecule has 2 aromatic heterocycles. The monoisotopic (exact) mass is 800 g/mol. The first-order chi connectivity index (χ1) is 25.4. The molecular formula is C40H61ClN4O7Si2. The number of benzene rings is 1. The van der Waals surface area contributed by atoms with Gasteiger partial charge in [-0.25, -0.2) is 9.78 Å². The highest BCUT2D eigenvalue weighted by Crippen LogP contribution is 2.41. The molecule has 2 saturated heterocycles. The Morgan fingerprint density at radius 1 is 0.981 bits per heavy atom. The summed E-state index contributed by atoms with van der Waals surface area (Å²) in [6.45, 7) is 23.7. The van der Waals surface area contributed by atoms with Crippen LogP contribution in [0.5, 0.6) is 6.01 Å². The molecule has 4 heterocycles. The standard InChI is InChI=1S/C40H61ClN4O7Si2/c1-25(2)50-39(46)42-29-17-15-27(16-18-29)26-11-13-28(14-12-26)34-30(41)21-31-37(44-34)45(24-47-19-20-53(6,7)8)38(43-31)51-32-22-48-36-33(23-49-35(32)36)52-54(9,10)40(3,4)5/h11-14,21,25,27,29,32-33,35-36H,15-20,22-24H2,1-10H3,(H,42,46)/t27?,29?,32-,33-,35-,36-/m1/s1. The summed E-state index contributed by atoms with van der Waals surface area (Å²) >= 11 is 6.92. The van der Waals surface area contributed by atoms with E-state index < -0.39 is 16.4 Å². The van der Waals surface area contributed by atoms with Crippen molar-refractivity contribution in [3.05, 3.63) is 40.9 Å². The van der Waals surface area contributed by atoms with Gasteiger partial charge < -0.3 is 33.4 Å². The summed E-state index contributed by atoms with van der Waals surface area (Å²) in [5.41, 5.74) is 4.15. The fraction of sp³-hybridized carbons (Fsp3) is 0.675. The minimum Gasteiger partial charge on any atom is -0.456 e. The zero-order valence-electron chi connectivity index (χ0n) is 33.9. The summed E-state index contributed by atoms with van der Waals surface area (Å²) in [5.74, 6) is 0.426. The van der Waals surface area contributed by atoms with Gasteiger partial charge in [0.05, 0.1) is 36.1 Å². The number of halogens is 1. The number of carbonyl (C=O) groups excluding carboxylic acids is 1. The normalized spacial score (nSPS) is 25.0. The number of fused-ring (bicyclic) bond motifs is 2. The number of hydrogen-bond donors (Lipinski definition) is 1. The largest absolute Gasteiger partial charge is 0.456 e. The van der Waals surface area contributed by atoms with Crippen LogP contribution in [0.3, 0.4) is 0 Å². The van der Waals surface area contributed by atoms with Gasteiger partial charge in [-0.15, -0.1) is 0 Å². The third-order valence-electron chi connectivity index (χ3n) is 11.4. The molecule has 3 aromatic rings. The number of pyridine rings is 1. The number of aromatic nitrogens is 3. The quantitative estimate of drug-likeness (QED) is 0.134. The van der Waals surface area contributed by atoms with Gasteiger partial charge in [0.2, 0.25) is 0 Å². The first-order valence-corrected chi connectivity index (χ1v) is 26.7. The summed E-state index contributed by atoms with van der Waals surface area (Å²) in [7, 11) is -3.32. The summed E-state index contributed by atoms with van der Waals surface area (Å²) in [6.07, 6.45) is 2.43. The number of alkyl carbamates (subject to hydrolysis) is 1. The Balaban J connectivity index is 1.19. The molecular weight excluding hydrogens is 740 g/mol. The minimum atomic E-state index is -2.02. The molecule has 6 rings (SSSR count). The Morgan fingerprint density at radius 3 is 2.26 bits per heavy atom. The van der Waals surface area contributed by atoms with Crippen LogP contribution in [0.4, 0.5) is 4.79 Å². The van der Waals surface area contributed by atoms with Gasteiger partial charge in [-0.1, -0.05) is 76.3 Å². The second kappa shape index (κ2) is 16.5. The molecule has 11 nitrogen and oxygen atoms in total. The number of hydrogen-bond acceptors (Lipinski definition) is 9. The molecule has 0 radical (unpaired) electrons. The van der Waals surface area contributed by atoms with Crippen molar-refractivity contribution in [1.29, 1.82) is 0 Å². The third-order valence-corrected chi connectivity index (χ3v) is 17.9. The first kappa shape index (κ1) is 41.1. The van der Waals surface area contributed by atoms with E-state index in [1.165, 1.54) is 5.56 Å². The molecule has 298 valence electrons. The molecule has 1 N–H and O–H groups in total. The molecule has 0 bridgehead atoms. The van der Waals surface area contributed by atoms with Crippen LogP contribution in [-0.4, -0.2) is 93.4 Å². The van der Waals surface area contributed by atoms with Crippen molar-refractivity contribution >= 4 is 45.2 Å². The summed E-state index contributed by atoms with van der Waals surface area (Å²) < 4.78 is 39.4. The highest BCUT2D eigenvalue weighted by atomic mass is 35.5. The second-order valence-electron chi connectivity index (χ2n) is 18.3. The number of amides is 1. The van der Waals surface area contributed by atoms with Gasteiger partial charge in [0.25, 0.3) is 0 Å². The number of imidazole rings is 1. The topological polar surface area (TPSA) is 115 Å². The Morgan fingerprint density at radius 2 is 1.63 bits per heavy atom. The van der Waals surface area contributed by atoms with E-state index in [1.807, 2.05) is 24.5 Å². The van der Waals surface area contributed by atoms with E-state index in [4.69, 9.17) is 49.7 Å². The fourth-order valence-corrected chi connectivity index (χ4v) is 9.49. The summed E-state index contributed by atoms with van der Waals surface area (Å²) in [5, 5.41) is 3.62. The highest BCUT2D eigenvalue weighted by Gasteiger charge is 2.52. The molecule has 14 heteroatoms. The van der Waals surface area contributed by atoms with Crippen molar-refractivity contribution in [2.24, 2.45) is 0 Å².